The highest BCUT2D eigenvalue weighted by atomic mass is 79.9. The van der Waals surface area contributed by atoms with Crippen LogP contribution in [-0.4, -0.2) is 4.98 Å². The third kappa shape index (κ3) is 2.54. The van der Waals surface area contributed by atoms with Gasteiger partial charge in [-0.15, -0.1) is 0 Å². The largest absolute Gasteiger partial charge is 0.325 e. The Hall–Kier alpha value is 0.0700. The monoisotopic (exact) mass is 278 g/mol. The Balaban J connectivity index is 3.02. The van der Waals surface area contributed by atoms with Crippen molar-refractivity contribution in [1.82, 2.24) is 4.98 Å². The number of nitrogens with two attached hydrogens (primary N) is 1. The molecule has 0 aliphatic heterocycles. The highest BCUT2D eigenvalue weighted by Gasteiger charge is 1.97. The fourth-order valence-corrected chi connectivity index (χ4v) is 1.60. The van der Waals surface area contributed by atoms with E-state index in [1.165, 1.54) is 0 Å². The van der Waals surface area contributed by atoms with Crippen LogP contribution >= 0.6 is 31.9 Å². The first-order valence-corrected chi connectivity index (χ1v) is 5.09. The van der Waals surface area contributed by atoms with Gasteiger partial charge >= 0.3 is 0 Å². The summed E-state index contributed by atoms with van der Waals surface area (Å²) in [6, 6.07) is 3.89. The molecule has 0 bridgehead atoms. The van der Waals surface area contributed by atoms with E-state index >= 15 is 0 Å². The van der Waals surface area contributed by atoms with Crippen molar-refractivity contribution in [2.75, 3.05) is 0 Å². The number of rotatable bonds is 2. The van der Waals surface area contributed by atoms with Crippen molar-refractivity contribution >= 4 is 31.9 Å². The van der Waals surface area contributed by atoms with Crippen molar-refractivity contribution in [3.05, 3.63) is 28.0 Å². The van der Waals surface area contributed by atoms with Gasteiger partial charge in [0.05, 0.1) is 11.4 Å². The average Bonchev–Trinajstić information content (AvgIpc) is 2.03. The van der Waals surface area contributed by atoms with Crippen molar-refractivity contribution in [3.8, 4) is 0 Å². The number of hydrogen-bond acceptors (Lipinski definition) is 2. The molecule has 0 fully saturated rings. The summed E-state index contributed by atoms with van der Waals surface area (Å²) in [6.45, 7) is 0.486. The average molecular weight is 280 g/mol. The summed E-state index contributed by atoms with van der Waals surface area (Å²) in [5.74, 6) is 0. The lowest BCUT2D eigenvalue weighted by Gasteiger charge is -2.00. The molecule has 0 radical (unpaired) electrons. The highest BCUT2D eigenvalue weighted by Crippen LogP contribution is 2.14. The van der Waals surface area contributed by atoms with Gasteiger partial charge in [0, 0.05) is 16.3 Å². The Kier molecular flexibility index (Phi) is 3.48. The molecule has 4 heteroatoms. The Labute approximate surface area is 82.5 Å². The zero-order valence-electron chi connectivity index (χ0n) is 5.85. The predicted molar refractivity (Wildman–Crippen MR) is 52.5 cm³/mol. The molecule has 0 spiro atoms. The molecule has 0 aliphatic carbocycles. The third-order valence-electron chi connectivity index (χ3n) is 1.24. The first-order valence-electron chi connectivity index (χ1n) is 3.17. The van der Waals surface area contributed by atoms with Gasteiger partial charge in [0.15, 0.2) is 0 Å². The van der Waals surface area contributed by atoms with Crippen LogP contribution in [0.25, 0.3) is 0 Å². The summed E-state index contributed by atoms with van der Waals surface area (Å²) in [6.07, 6.45) is 0. The van der Waals surface area contributed by atoms with Crippen molar-refractivity contribution in [3.63, 3.8) is 0 Å². The topological polar surface area (TPSA) is 38.9 Å². The van der Waals surface area contributed by atoms with Gasteiger partial charge in [-0.2, -0.15) is 0 Å². The molecule has 0 saturated heterocycles. The maximum absolute atomic E-state index is 5.44. The number of halogens is 2. The van der Waals surface area contributed by atoms with Crippen LogP contribution in [0.1, 0.15) is 11.4 Å². The molecule has 1 aromatic heterocycles. The van der Waals surface area contributed by atoms with Crippen molar-refractivity contribution in [1.29, 1.82) is 0 Å². The number of aromatic nitrogens is 1. The standard InChI is InChI=1S/C7H8Br2N2/c8-3-6-1-5(9)2-7(4-10)11-6/h1-2H,3-4,10H2. The van der Waals surface area contributed by atoms with Gasteiger partial charge in [-0.3, -0.25) is 4.98 Å². The first kappa shape index (κ1) is 9.16. The number of nitrogens with zero attached hydrogens (tertiary/aromatic N) is 1. The molecule has 0 saturated carbocycles. The predicted octanol–water partition coefficient (Wildman–Crippen LogP) is 2.20. The molecule has 1 heterocycles. The smallest absolute Gasteiger partial charge is 0.0554 e. The summed E-state index contributed by atoms with van der Waals surface area (Å²) in [7, 11) is 0. The van der Waals surface area contributed by atoms with Crippen LogP contribution in [0.15, 0.2) is 16.6 Å². The fraction of sp³-hybridized carbons (Fsp3) is 0.286. The minimum Gasteiger partial charge on any atom is -0.325 e. The fourth-order valence-electron chi connectivity index (χ4n) is 0.782. The lowest BCUT2D eigenvalue weighted by Crippen LogP contribution is -2.01. The van der Waals surface area contributed by atoms with E-state index < -0.39 is 0 Å². The zero-order chi connectivity index (χ0) is 8.27. The first-order chi connectivity index (χ1) is 5.26. The van der Waals surface area contributed by atoms with Crippen LogP contribution in [0, 0.1) is 0 Å². The van der Waals surface area contributed by atoms with E-state index in [4.69, 9.17) is 5.73 Å². The number of hydrogen-bond donors (Lipinski definition) is 1. The minimum absolute atomic E-state index is 0.486. The Morgan fingerprint density at radius 2 is 2.00 bits per heavy atom. The summed E-state index contributed by atoms with van der Waals surface area (Å²) in [5, 5.41) is 0.763. The SMILES string of the molecule is NCc1cc(Br)cc(CBr)n1. The lowest BCUT2D eigenvalue weighted by atomic mass is 10.3. The second-order valence-electron chi connectivity index (χ2n) is 2.11. The van der Waals surface area contributed by atoms with Crippen molar-refractivity contribution in [2.24, 2.45) is 5.73 Å². The van der Waals surface area contributed by atoms with Crippen LogP contribution in [0.2, 0.25) is 0 Å². The summed E-state index contributed by atoms with van der Waals surface area (Å²) in [4.78, 5) is 4.27. The molecule has 0 atom stereocenters. The molecule has 0 amide bonds. The van der Waals surface area contributed by atoms with E-state index in [0.29, 0.717) is 6.54 Å². The summed E-state index contributed by atoms with van der Waals surface area (Å²) < 4.78 is 1.03. The van der Waals surface area contributed by atoms with E-state index in [2.05, 4.69) is 36.8 Å². The molecule has 2 N–H and O–H groups in total. The van der Waals surface area contributed by atoms with Gasteiger partial charge in [-0.25, -0.2) is 0 Å². The Morgan fingerprint density at radius 3 is 2.55 bits per heavy atom. The Bertz CT molecular complexity index is 228. The molecule has 60 valence electrons. The van der Waals surface area contributed by atoms with Gasteiger partial charge in [-0.1, -0.05) is 31.9 Å². The lowest BCUT2D eigenvalue weighted by molar-refractivity contribution is 0.963. The normalized spacial score (nSPS) is 10.1. The molecule has 0 aliphatic rings. The second-order valence-corrected chi connectivity index (χ2v) is 3.58. The van der Waals surface area contributed by atoms with E-state index in [1.54, 1.807) is 0 Å². The van der Waals surface area contributed by atoms with Crippen LogP contribution in [-0.2, 0) is 11.9 Å². The van der Waals surface area contributed by atoms with Gasteiger partial charge in [0.1, 0.15) is 0 Å². The van der Waals surface area contributed by atoms with Crippen molar-refractivity contribution < 1.29 is 0 Å². The molecular formula is C7H8Br2N2. The maximum Gasteiger partial charge on any atom is 0.0554 e. The van der Waals surface area contributed by atoms with Gasteiger partial charge in [0.25, 0.3) is 0 Å². The highest BCUT2D eigenvalue weighted by molar-refractivity contribution is 9.10. The summed E-state index contributed by atoms with van der Waals surface area (Å²) in [5.41, 5.74) is 7.35. The molecule has 2 nitrogen and oxygen atoms in total. The van der Waals surface area contributed by atoms with Gasteiger partial charge < -0.3 is 5.73 Å². The molecule has 11 heavy (non-hydrogen) atoms. The van der Waals surface area contributed by atoms with Gasteiger partial charge in [-0.05, 0) is 12.1 Å². The van der Waals surface area contributed by atoms with Crippen LogP contribution in [0.3, 0.4) is 0 Å². The zero-order valence-corrected chi connectivity index (χ0v) is 9.02. The minimum atomic E-state index is 0.486. The number of alkyl halides is 1. The Morgan fingerprint density at radius 1 is 1.36 bits per heavy atom. The molecular weight excluding hydrogens is 272 g/mol. The van der Waals surface area contributed by atoms with E-state index in [9.17, 15) is 0 Å². The van der Waals surface area contributed by atoms with Crippen molar-refractivity contribution in [2.45, 2.75) is 11.9 Å². The molecule has 0 unspecified atom stereocenters. The summed E-state index contributed by atoms with van der Waals surface area (Å²) >= 11 is 6.71. The number of pyridine rings is 1. The van der Waals surface area contributed by atoms with E-state index in [1.807, 2.05) is 12.1 Å². The van der Waals surface area contributed by atoms with E-state index in [-0.39, 0.29) is 0 Å². The van der Waals surface area contributed by atoms with Crippen LogP contribution < -0.4 is 5.73 Å². The van der Waals surface area contributed by atoms with Crippen LogP contribution in [0.5, 0.6) is 0 Å². The second kappa shape index (κ2) is 4.18. The van der Waals surface area contributed by atoms with Gasteiger partial charge in [0.2, 0.25) is 0 Å². The van der Waals surface area contributed by atoms with E-state index in [0.717, 1.165) is 21.2 Å². The quantitative estimate of drug-likeness (QED) is 0.843. The molecule has 0 aromatic carbocycles. The maximum atomic E-state index is 5.44. The third-order valence-corrected chi connectivity index (χ3v) is 2.27. The van der Waals surface area contributed by atoms with Crippen LogP contribution in [0.4, 0.5) is 0 Å². The molecule has 1 aromatic rings. The molecule has 1 rings (SSSR count).